The Hall–Kier alpha value is 0.300. The quantitative estimate of drug-likeness (QED) is 0.858. The van der Waals surface area contributed by atoms with Crippen molar-refractivity contribution in [1.82, 2.24) is 5.32 Å². The van der Waals surface area contributed by atoms with Gasteiger partial charge in [-0.25, -0.2) is 0 Å². The molecular weight excluding hydrogens is 258 g/mol. The van der Waals surface area contributed by atoms with Gasteiger partial charge in [-0.15, -0.1) is 11.3 Å². The van der Waals surface area contributed by atoms with Crippen LogP contribution in [0.2, 0.25) is 4.34 Å². The Bertz CT molecular complexity index is 321. The zero-order valence-corrected chi connectivity index (χ0v) is 11.9. The third-order valence-electron chi connectivity index (χ3n) is 2.96. The molecule has 1 aliphatic heterocycles. The summed E-state index contributed by atoms with van der Waals surface area (Å²) in [5, 5.41) is 4.50. The minimum atomic E-state index is 0.485. The number of nitrogens with one attached hydrogen (secondary N) is 1. The monoisotopic (exact) mass is 275 g/mol. The first kappa shape index (κ1) is 12.7. The van der Waals surface area contributed by atoms with Crippen LogP contribution in [0.25, 0.3) is 0 Å². The highest BCUT2D eigenvalue weighted by molar-refractivity contribution is 8.00. The van der Waals surface area contributed by atoms with E-state index in [1.165, 1.54) is 23.5 Å². The summed E-state index contributed by atoms with van der Waals surface area (Å²) in [6, 6.07) is 4.63. The fourth-order valence-electron chi connectivity index (χ4n) is 2.04. The van der Waals surface area contributed by atoms with Crippen molar-refractivity contribution >= 4 is 34.7 Å². The molecule has 0 radical (unpaired) electrons. The summed E-state index contributed by atoms with van der Waals surface area (Å²) in [7, 11) is 0. The highest BCUT2D eigenvalue weighted by Gasteiger charge is 2.18. The maximum absolute atomic E-state index is 5.98. The Balaban J connectivity index is 1.85. The van der Waals surface area contributed by atoms with E-state index in [-0.39, 0.29) is 0 Å². The summed E-state index contributed by atoms with van der Waals surface area (Å²) in [4.78, 5) is 1.37. The molecule has 0 aromatic carbocycles. The van der Waals surface area contributed by atoms with Crippen LogP contribution in [0.5, 0.6) is 0 Å². The molecule has 90 valence electrons. The molecular formula is C12H18ClNS2. The molecule has 1 aliphatic rings. The molecule has 1 N–H and O–H groups in total. The van der Waals surface area contributed by atoms with Gasteiger partial charge in [0.2, 0.25) is 0 Å². The fourth-order valence-corrected chi connectivity index (χ4v) is 4.47. The van der Waals surface area contributed by atoms with Gasteiger partial charge in [0.05, 0.1) is 4.34 Å². The Morgan fingerprint density at radius 3 is 3.00 bits per heavy atom. The predicted octanol–water partition coefficient (Wildman–Crippen LogP) is 4.34. The summed E-state index contributed by atoms with van der Waals surface area (Å²) in [5.41, 5.74) is 0. The van der Waals surface area contributed by atoms with E-state index in [0.29, 0.717) is 6.04 Å². The Labute approximate surface area is 111 Å². The Kier molecular flexibility index (Phi) is 5.01. The average molecular weight is 276 g/mol. The van der Waals surface area contributed by atoms with E-state index in [9.17, 15) is 0 Å². The van der Waals surface area contributed by atoms with Crippen LogP contribution in [0.3, 0.4) is 0 Å². The van der Waals surface area contributed by atoms with Gasteiger partial charge in [-0.1, -0.05) is 18.5 Å². The zero-order chi connectivity index (χ0) is 11.4. The van der Waals surface area contributed by atoms with Crippen molar-refractivity contribution in [3.63, 3.8) is 0 Å². The van der Waals surface area contributed by atoms with Gasteiger partial charge in [0.1, 0.15) is 0 Å². The summed E-state index contributed by atoms with van der Waals surface area (Å²) in [6.07, 6.45) is 3.90. The zero-order valence-electron chi connectivity index (χ0n) is 9.54. The van der Waals surface area contributed by atoms with Crippen molar-refractivity contribution in [1.29, 1.82) is 0 Å². The minimum absolute atomic E-state index is 0.485. The van der Waals surface area contributed by atoms with Crippen LogP contribution in [0.4, 0.5) is 0 Å². The van der Waals surface area contributed by atoms with Crippen molar-refractivity contribution in [2.75, 3.05) is 12.3 Å². The average Bonchev–Trinajstić information content (AvgIpc) is 2.91. The molecule has 1 fully saturated rings. The smallest absolute Gasteiger partial charge is 0.0931 e. The standard InChI is InChI=1S/C12H18ClNS2/c1-2-10(11-5-6-12(13)16-11)14-8-9-4-3-7-15-9/h5-6,9-10,14H,2-4,7-8H2,1H3. The van der Waals surface area contributed by atoms with Gasteiger partial charge in [0.25, 0.3) is 0 Å². The maximum atomic E-state index is 5.98. The number of rotatable bonds is 5. The fraction of sp³-hybridized carbons (Fsp3) is 0.667. The van der Waals surface area contributed by atoms with Crippen molar-refractivity contribution < 1.29 is 0 Å². The Morgan fingerprint density at radius 1 is 1.56 bits per heavy atom. The minimum Gasteiger partial charge on any atom is -0.308 e. The van der Waals surface area contributed by atoms with Crippen LogP contribution in [0, 0.1) is 0 Å². The molecule has 0 saturated carbocycles. The van der Waals surface area contributed by atoms with Crippen LogP contribution in [0.1, 0.15) is 37.1 Å². The SMILES string of the molecule is CCC(NCC1CCCS1)c1ccc(Cl)s1. The molecule has 0 aliphatic carbocycles. The second kappa shape index (κ2) is 6.29. The summed E-state index contributed by atoms with van der Waals surface area (Å²) >= 11 is 9.78. The van der Waals surface area contributed by atoms with Gasteiger partial charge in [-0.3, -0.25) is 0 Å². The highest BCUT2D eigenvalue weighted by atomic mass is 35.5. The lowest BCUT2D eigenvalue weighted by Gasteiger charge is -2.18. The molecule has 2 rings (SSSR count). The van der Waals surface area contributed by atoms with E-state index in [4.69, 9.17) is 11.6 Å². The molecule has 2 heterocycles. The van der Waals surface area contributed by atoms with Gasteiger partial charge in [-0.05, 0) is 37.1 Å². The molecule has 0 bridgehead atoms. The first-order valence-corrected chi connectivity index (χ1v) is 8.14. The van der Waals surface area contributed by atoms with Gasteiger partial charge in [0.15, 0.2) is 0 Å². The van der Waals surface area contributed by atoms with Crippen LogP contribution >= 0.6 is 34.7 Å². The van der Waals surface area contributed by atoms with Crippen molar-refractivity contribution in [2.24, 2.45) is 0 Å². The molecule has 4 heteroatoms. The van der Waals surface area contributed by atoms with Gasteiger partial charge in [0, 0.05) is 22.7 Å². The van der Waals surface area contributed by atoms with E-state index < -0.39 is 0 Å². The molecule has 16 heavy (non-hydrogen) atoms. The van der Waals surface area contributed by atoms with Crippen LogP contribution in [0.15, 0.2) is 12.1 Å². The molecule has 2 atom stereocenters. The summed E-state index contributed by atoms with van der Waals surface area (Å²) in [6.45, 7) is 3.37. The van der Waals surface area contributed by atoms with Gasteiger partial charge < -0.3 is 5.32 Å². The normalized spacial score (nSPS) is 22.5. The van der Waals surface area contributed by atoms with E-state index in [0.717, 1.165) is 22.6 Å². The van der Waals surface area contributed by atoms with Crippen LogP contribution < -0.4 is 5.32 Å². The largest absolute Gasteiger partial charge is 0.308 e. The third-order valence-corrected chi connectivity index (χ3v) is 5.70. The Morgan fingerprint density at radius 2 is 2.44 bits per heavy atom. The maximum Gasteiger partial charge on any atom is 0.0931 e. The van der Waals surface area contributed by atoms with Crippen LogP contribution in [-0.4, -0.2) is 17.5 Å². The predicted molar refractivity (Wildman–Crippen MR) is 75.8 cm³/mol. The van der Waals surface area contributed by atoms with E-state index in [1.807, 2.05) is 6.07 Å². The molecule has 1 aromatic heterocycles. The first-order valence-electron chi connectivity index (χ1n) is 5.90. The van der Waals surface area contributed by atoms with Crippen LogP contribution in [-0.2, 0) is 0 Å². The molecule has 1 saturated heterocycles. The molecule has 0 amide bonds. The molecule has 0 spiro atoms. The van der Waals surface area contributed by atoms with Gasteiger partial charge in [-0.2, -0.15) is 11.8 Å². The van der Waals surface area contributed by atoms with E-state index in [2.05, 4.69) is 30.1 Å². The lowest BCUT2D eigenvalue weighted by Crippen LogP contribution is -2.27. The second-order valence-corrected chi connectivity index (χ2v) is 7.30. The number of hydrogen-bond donors (Lipinski definition) is 1. The van der Waals surface area contributed by atoms with Crippen molar-refractivity contribution in [3.05, 3.63) is 21.3 Å². The number of thioether (sulfide) groups is 1. The van der Waals surface area contributed by atoms with Crippen molar-refractivity contribution in [2.45, 2.75) is 37.5 Å². The first-order chi connectivity index (χ1) is 7.79. The number of thiophene rings is 1. The molecule has 1 nitrogen and oxygen atoms in total. The second-order valence-electron chi connectivity index (χ2n) is 4.15. The number of hydrogen-bond acceptors (Lipinski definition) is 3. The number of halogens is 1. The summed E-state index contributed by atoms with van der Waals surface area (Å²) in [5.74, 6) is 1.34. The third kappa shape index (κ3) is 3.39. The highest BCUT2D eigenvalue weighted by Crippen LogP contribution is 2.30. The topological polar surface area (TPSA) is 12.0 Å². The van der Waals surface area contributed by atoms with E-state index in [1.54, 1.807) is 11.3 Å². The van der Waals surface area contributed by atoms with Gasteiger partial charge >= 0.3 is 0 Å². The molecule has 2 unspecified atom stereocenters. The summed E-state index contributed by atoms with van der Waals surface area (Å²) < 4.78 is 0.894. The van der Waals surface area contributed by atoms with E-state index >= 15 is 0 Å². The van der Waals surface area contributed by atoms with Crippen molar-refractivity contribution in [3.8, 4) is 0 Å². The molecule has 1 aromatic rings. The lowest BCUT2D eigenvalue weighted by atomic mass is 10.1. The lowest BCUT2D eigenvalue weighted by molar-refractivity contribution is 0.519.